The van der Waals surface area contributed by atoms with Crippen molar-refractivity contribution in [3.63, 3.8) is 0 Å². The van der Waals surface area contributed by atoms with Crippen molar-refractivity contribution in [2.75, 3.05) is 6.61 Å². The van der Waals surface area contributed by atoms with Crippen LogP contribution in [0.25, 0.3) is 10.4 Å². The SMILES string of the molecule is C[Si](C)(C)OCC1OC(c2ccc(Cl)c(Cc3ccc(-c4ccc(F)nc4)s3)c2)C(O)C(O[Si](C)(C)C)C(O[Si](C)(C)C)C1O[Si](C)(C)C. The number of rotatable bonds is 13. The lowest BCUT2D eigenvalue weighted by Gasteiger charge is -2.43. The Hall–Kier alpha value is -1.08. The monoisotopic (exact) mass is 783 g/mol. The lowest BCUT2D eigenvalue weighted by Crippen LogP contribution is -2.58. The zero-order valence-electron chi connectivity index (χ0n) is 31.1. The maximum absolute atomic E-state index is 13.4. The molecule has 1 aliphatic heterocycles. The summed E-state index contributed by atoms with van der Waals surface area (Å²) in [6.07, 6.45) is -1.95. The van der Waals surface area contributed by atoms with Crippen LogP contribution in [0.1, 0.15) is 22.1 Å². The standard InChI is InChI=1S/C35H55ClFNO6SSi4/c1-46(2,3)40-22-28-33(42-47(4,5)6)35(44-49(10,11)12)34(43-48(7,8)9)31(39)32(41-28)23-13-16-27(36)25(19-23)20-26-15-17-29(45-26)24-14-18-30(37)38-21-24/h13-19,21,28,31-35,39H,20,22H2,1-12H3. The largest absolute Gasteiger partial charge is 0.415 e. The summed E-state index contributed by atoms with van der Waals surface area (Å²) in [6, 6.07) is 13.0. The van der Waals surface area contributed by atoms with Crippen LogP contribution in [0.4, 0.5) is 4.39 Å². The van der Waals surface area contributed by atoms with Gasteiger partial charge in [-0.2, -0.15) is 4.39 Å². The molecule has 7 nitrogen and oxygen atoms in total. The van der Waals surface area contributed by atoms with Crippen molar-refractivity contribution in [3.8, 4) is 10.4 Å². The van der Waals surface area contributed by atoms with E-state index in [2.05, 4.69) is 89.6 Å². The van der Waals surface area contributed by atoms with Crippen LogP contribution in [0, 0.1) is 5.95 Å². The highest BCUT2D eigenvalue weighted by molar-refractivity contribution is 7.15. The van der Waals surface area contributed by atoms with Crippen molar-refractivity contribution in [2.24, 2.45) is 0 Å². The smallest absolute Gasteiger partial charge is 0.212 e. The minimum Gasteiger partial charge on any atom is -0.415 e. The van der Waals surface area contributed by atoms with Gasteiger partial charge >= 0.3 is 0 Å². The molecule has 1 saturated heterocycles. The third kappa shape index (κ3) is 12.2. The van der Waals surface area contributed by atoms with E-state index in [-0.39, 0.29) is 0 Å². The summed E-state index contributed by atoms with van der Waals surface area (Å²) in [5.41, 5.74) is 2.57. The normalized spacial score (nSPS) is 24.2. The van der Waals surface area contributed by atoms with Crippen LogP contribution < -0.4 is 0 Å². The second kappa shape index (κ2) is 15.9. The summed E-state index contributed by atoms with van der Waals surface area (Å²) in [5.74, 6) is -0.504. The molecule has 14 heteroatoms. The van der Waals surface area contributed by atoms with Crippen molar-refractivity contribution >= 4 is 56.2 Å². The van der Waals surface area contributed by atoms with E-state index in [0.29, 0.717) is 18.1 Å². The highest BCUT2D eigenvalue weighted by Crippen LogP contribution is 2.40. The summed E-state index contributed by atoms with van der Waals surface area (Å²) in [4.78, 5) is 5.89. The number of benzene rings is 1. The minimum atomic E-state index is -2.21. The molecule has 1 aliphatic rings. The third-order valence-electron chi connectivity index (χ3n) is 7.57. The van der Waals surface area contributed by atoms with Gasteiger partial charge in [-0.25, -0.2) is 4.98 Å². The van der Waals surface area contributed by atoms with E-state index in [1.54, 1.807) is 23.6 Å². The van der Waals surface area contributed by atoms with Crippen LogP contribution in [0.2, 0.25) is 83.6 Å². The van der Waals surface area contributed by atoms with Crippen LogP contribution in [0.5, 0.6) is 0 Å². The van der Waals surface area contributed by atoms with Gasteiger partial charge in [-0.15, -0.1) is 11.3 Å². The van der Waals surface area contributed by atoms with Crippen molar-refractivity contribution in [3.05, 3.63) is 75.6 Å². The van der Waals surface area contributed by atoms with Crippen LogP contribution in [0.15, 0.2) is 48.7 Å². The quantitative estimate of drug-likeness (QED) is 0.137. The molecule has 0 radical (unpaired) electrons. The number of aliphatic hydroxyl groups excluding tert-OH is 1. The number of thiophene rings is 1. The number of pyridine rings is 1. The molecule has 1 fully saturated rings. The highest BCUT2D eigenvalue weighted by atomic mass is 35.5. The van der Waals surface area contributed by atoms with Gasteiger partial charge in [0.25, 0.3) is 0 Å². The molecule has 0 amide bonds. The highest BCUT2D eigenvalue weighted by Gasteiger charge is 2.52. The third-order valence-corrected chi connectivity index (χ3v) is 13.0. The maximum Gasteiger partial charge on any atom is 0.212 e. The summed E-state index contributed by atoms with van der Waals surface area (Å²) < 4.78 is 47.8. The second-order valence-corrected chi connectivity index (χ2v) is 36.2. The number of hydrogen-bond donors (Lipinski definition) is 1. The Morgan fingerprint density at radius 1 is 0.796 bits per heavy atom. The lowest BCUT2D eigenvalue weighted by atomic mass is 9.94. The van der Waals surface area contributed by atoms with Crippen molar-refractivity contribution < 1.29 is 31.9 Å². The predicted octanol–water partition coefficient (Wildman–Crippen LogP) is 9.51. The van der Waals surface area contributed by atoms with Crippen molar-refractivity contribution in [2.45, 2.75) is 122 Å². The Labute approximate surface area is 306 Å². The van der Waals surface area contributed by atoms with Gasteiger partial charge in [0.05, 0.1) is 6.61 Å². The van der Waals surface area contributed by atoms with E-state index >= 15 is 0 Å². The van der Waals surface area contributed by atoms with Crippen LogP contribution in [-0.4, -0.2) is 80.5 Å². The zero-order chi connectivity index (χ0) is 36.5. The molecule has 49 heavy (non-hydrogen) atoms. The number of aromatic nitrogens is 1. The van der Waals surface area contributed by atoms with Crippen LogP contribution in [-0.2, 0) is 28.9 Å². The Morgan fingerprint density at radius 2 is 1.41 bits per heavy atom. The topological polar surface area (TPSA) is 79.3 Å². The summed E-state index contributed by atoms with van der Waals surface area (Å²) >= 11 is 8.43. The molecule has 272 valence electrons. The molecular weight excluding hydrogens is 729 g/mol. The Bertz CT molecular complexity index is 1540. The molecule has 1 aromatic carbocycles. The molecule has 6 unspecified atom stereocenters. The fourth-order valence-electron chi connectivity index (χ4n) is 5.74. The number of aliphatic hydroxyl groups is 1. The number of ether oxygens (including phenoxy) is 1. The molecule has 0 aliphatic carbocycles. The molecule has 2 aromatic heterocycles. The maximum atomic E-state index is 13.4. The van der Waals surface area contributed by atoms with E-state index in [4.69, 9.17) is 34.0 Å². The fourth-order valence-corrected chi connectivity index (χ4v) is 10.9. The van der Waals surface area contributed by atoms with Crippen LogP contribution in [0.3, 0.4) is 0 Å². The number of nitrogens with zero attached hydrogens (tertiary/aromatic N) is 1. The van der Waals surface area contributed by atoms with E-state index in [1.807, 2.05) is 24.3 Å². The van der Waals surface area contributed by atoms with Gasteiger partial charge in [0.1, 0.15) is 36.6 Å². The first-order valence-corrected chi connectivity index (χ1v) is 31.8. The van der Waals surface area contributed by atoms with Gasteiger partial charge in [0.2, 0.25) is 5.95 Å². The van der Waals surface area contributed by atoms with E-state index in [1.165, 1.54) is 6.07 Å². The predicted molar refractivity (Wildman–Crippen MR) is 209 cm³/mol. The minimum absolute atomic E-state index is 0.315. The first kappa shape index (κ1) is 40.7. The molecule has 0 saturated carbocycles. The fraction of sp³-hybridized carbons (Fsp3) is 0.571. The lowest BCUT2D eigenvalue weighted by molar-refractivity contribution is -0.116. The molecule has 0 spiro atoms. The average Bonchev–Trinajstić information content (AvgIpc) is 3.38. The second-order valence-electron chi connectivity index (χ2n) is 16.8. The number of halogens is 2. The van der Waals surface area contributed by atoms with Gasteiger partial charge < -0.3 is 27.5 Å². The molecule has 3 heterocycles. The van der Waals surface area contributed by atoms with Gasteiger partial charge in [-0.05, 0) is 120 Å². The van der Waals surface area contributed by atoms with E-state index in [9.17, 15) is 9.50 Å². The zero-order valence-corrected chi connectivity index (χ0v) is 36.7. The molecule has 4 rings (SSSR count). The van der Waals surface area contributed by atoms with Gasteiger partial charge in [0, 0.05) is 33.0 Å². The van der Waals surface area contributed by atoms with E-state index < -0.39 is 75.8 Å². The first-order chi connectivity index (χ1) is 22.5. The average molecular weight is 785 g/mol. The Balaban J connectivity index is 1.79. The Morgan fingerprint density at radius 3 is 1.98 bits per heavy atom. The summed E-state index contributed by atoms with van der Waals surface area (Å²) in [7, 11) is -8.49. The van der Waals surface area contributed by atoms with Crippen LogP contribution >= 0.6 is 22.9 Å². The molecule has 0 bridgehead atoms. The van der Waals surface area contributed by atoms with Crippen molar-refractivity contribution in [1.82, 2.24) is 4.98 Å². The summed E-state index contributed by atoms with van der Waals surface area (Å²) in [6.45, 7) is 26.1. The first-order valence-electron chi connectivity index (χ1n) is 17.0. The summed E-state index contributed by atoms with van der Waals surface area (Å²) in [5, 5.41) is 13.0. The van der Waals surface area contributed by atoms with Gasteiger partial charge in [0.15, 0.2) is 33.3 Å². The van der Waals surface area contributed by atoms with Crippen molar-refractivity contribution in [1.29, 1.82) is 0 Å². The molecule has 3 aromatic rings. The molecule has 6 atom stereocenters. The van der Waals surface area contributed by atoms with E-state index in [0.717, 1.165) is 26.4 Å². The number of hydrogen-bond acceptors (Lipinski definition) is 8. The molecular formula is C35H55ClFNO6SSi4. The Kier molecular flexibility index (Phi) is 13.2. The van der Waals surface area contributed by atoms with Gasteiger partial charge in [-0.1, -0.05) is 23.7 Å². The molecule has 1 N–H and O–H groups in total. The van der Waals surface area contributed by atoms with Gasteiger partial charge in [-0.3, -0.25) is 0 Å².